The molecule has 2 fully saturated rings. The summed E-state index contributed by atoms with van der Waals surface area (Å²) in [6, 6.07) is 9.69. The van der Waals surface area contributed by atoms with Gasteiger partial charge in [-0.05, 0) is 49.9 Å². The minimum absolute atomic E-state index is 0.0340. The molecule has 2 heterocycles. The van der Waals surface area contributed by atoms with E-state index < -0.39 is 0 Å². The largest absolute Gasteiger partial charge is 0.339 e. The van der Waals surface area contributed by atoms with Gasteiger partial charge < -0.3 is 10.2 Å². The Morgan fingerprint density at radius 3 is 2.34 bits per heavy atom. The van der Waals surface area contributed by atoms with Crippen LogP contribution in [-0.4, -0.2) is 39.6 Å². The van der Waals surface area contributed by atoms with Crippen LogP contribution < -0.4 is 5.32 Å². The van der Waals surface area contributed by atoms with Crippen LogP contribution in [0.2, 0.25) is 0 Å². The number of halogens is 1. The summed E-state index contributed by atoms with van der Waals surface area (Å²) in [5.41, 5.74) is 0.687. The molecular weight excluding hydrogens is 432 g/mol. The first-order chi connectivity index (χ1) is 14.1. The molecule has 2 aromatic rings. The molecule has 1 saturated heterocycles. The van der Waals surface area contributed by atoms with E-state index in [1.807, 2.05) is 39.9 Å². The summed E-state index contributed by atoms with van der Waals surface area (Å²) in [5, 5.41) is 7.55. The molecule has 2 aliphatic rings. The minimum atomic E-state index is -0.0707. The highest BCUT2D eigenvalue weighted by Crippen LogP contribution is 2.30. The highest BCUT2D eigenvalue weighted by atomic mass is 79.9. The van der Waals surface area contributed by atoms with Crippen LogP contribution in [-0.2, 0) is 4.79 Å². The molecule has 0 spiro atoms. The Hall–Kier alpha value is -2.15. The predicted molar refractivity (Wildman–Crippen MR) is 116 cm³/mol. The van der Waals surface area contributed by atoms with Crippen LogP contribution >= 0.6 is 15.9 Å². The number of nitrogens with one attached hydrogen (secondary N) is 1. The number of amides is 2. The molecule has 1 aliphatic carbocycles. The zero-order valence-electron chi connectivity index (χ0n) is 16.5. The number of anilines is 1. The maximum atomic E-state index is 12.8. The Kier molecular flexibility index (Phi) is 6.33. The van der Waals surface area contributed by atoms with Crippen molar-refractivity contribution in [1.82, 2.24) is 14.7 Å². The maximum Gasteiger partial charge on any atom is 0.253 e. The Balaban J connectivity index is 1.32. The monoisotopic (exact) mass is 458 g/mol. The average molecular weight is 459 g/mol. The number of piperidine rings is 1. The molecule has 0 unspecified atom stereocenters. The van der Waals surface area contributed by atoms with Gasteiger partial charge in [-0.3, -0.25) is 9.59 Å². The molecule has 29 heavy (non-hydrogen) atoms. The number of carbonyl (C=O) groups is 2. The fourth-order valence-corrected chi connectivity index (χ4v) is 4.64. The van der Waals surface area contributed by atoms with E-state index in [-0.39, 0.29) is 17.7 Å². The number of rotatable bonds is 4. The number of hydrogen-bond acceptors (Lipinski definition) is 3. The number of hydrogen-bond donors (Lipinski definition) is 1. The second-order valence-electron chi connectivity index (χ2n) is 8.02. The first-order valence-electron chi connectivity index (χ1n) is 10.5. The van der Waals surface area contributed by atoms with Crippen LogP contribution in [0.25, 0.3) is 0 Å². The lowest BCUT2D eigenvalue weighted by Gasteiger charge is -2.31. The number of nitrogens with zero attached hydrogens (tertiary/aromatic N) is 3. The third-order valence-corrected chi connectivity index (χ3v) is 6.61. The summed E-state index contributed by atoms with van der Waals surface area (Å²) in [6.45, 7) is 1.21. The summed E-state index contributed by atoms with van der Waals surface area (Å²) in [7, 11) is 0. The SMILES string of the molecule is O=C(Nc1ccnn1C1CCCCC1)C1CCN(C(=O)c2ccc(Br)cc2)CC1. The third-order valence-electron chi connectivity index (χ3n) is 6.09. The Morgan fingerprint density at radius 2 is 1.66 bits per heavy atom. The van der Waals surface area contributed by atoms with Gasteiger partial charge in [0.15, 0.2) is 0 Å². The second kappa shape index (κ2) is 9.11. The topological polar surface area (TPSA) is 67.2 Å². The molecule has 1 aromatic carbocycles. The Labute approximate surface area is 179 Å². The third kappa shape index (κ3) is 4.71. The Morgan fingerprint density at radius 1 is 0.966 bits per heavy atom. The molecule has 2 amide bonds. The van der Waals surface area contributed by atoms with Gasteiger partial charge in [-0.1, -0.05) is 35.2 Å². The fourth-order valence-electron chi connectivity index (χ4n) is 4.38. The zero-order chi connectivity index (χ0) is 20.2. The maximum absolute atomic E-state index is 12.8. The van der Waals surface area contributed by atoms with Crippen molar-refractivity contribution in [2.45, 2.75) is 51.0 Å². The van der Waals surface area contributed by atoms with Gasteiger partial charge in [0.1, 0.15) is 5.82 Å². The standard InChI is InChI=1S/C22H27BrN4O2/c23-18-8-6-17(7-9-18)22(29)26-14-11-16(12-15-26)21(28)25-20-10-13-24-27(20)19-4-2-1-3-5-19/h6-10,13,16,19H,1-5,11-12,14-15H2,(H,25,28). The van der Waals surface area contributed by atoms with Crippen LogP contribution in [0.5, 0.6) is 0 Å². The number of aromatic nitrogens is 2. The summed E-state index contributed by atoms with van der Waals surface area (Å²) < 4.78 is 2.94. The van der Waals surface area contributed by atoms with Crippen molar-refractivity contribution in [3.05, 3.63) is 46.6 Å². The highest BCUT2D eigenvalue weighted by Gasteiger charge is 2.29. The van der Waals surface area contributed by atoms with Gasteiger partial charge in [0.25, 0.3) is 5.91 Å². The summed E-state index contributed by atoms with van der Waals surface area (Å²) >= 11 is 3.39. The lowest BCUT2D eigenvalue weighted by atomic mass is 9.95. The highest BCUT2D eigenvalue weighted by molar-refractivity contribution is 9.10. The molecule has 1 aromatic heterocycles. The first-order valence-corrected chi connectivity index (χ1v) is 11.3. The second-order valence-corrected chi connectivity index (χ2v) is 8.93. The zero-order valence-corrected chi connectivity index (χ0v) is 18.1. The average Bonchev–Trinajstić information content (AvgIpc) is 3.22. The van der Waals surface area contributed by atoms with Gasteiger partial charge >= 0.3 is 0 Å². The molecule has 1 saturated carbocycles. The Bertz CT molecular complexity index is 850. The molecule has 7 heteroatoms. The van der Waals surface area contributed by atoms with E-state index in [0.717, 1.165) is 23.1 Å². The first kappa shape index (κ1) is 20.1. The van der Waals surface area contributed by atoms with Gasteiger partial charge in [-0.25, -0.2) is 4.68 Å². The molecule has 154 valence electrons. The summed E-state index contributed by atoms with van der Waals surface area (Å²) in [4.78, 5) is 27.3. The van der Waals surface area contributed by atoms with Crippen molar-refractivity contribution in [2.75, 3.05) is 18.4 Å². The van der Waals surface area contributed by atoms with Crippen LogP contribution in [0.4, 0.5) is 5.82 Å². The van der Waals surface area contributed by atoms with Crippen LogP contribution in [0.15, 0.2) is 41.0 Å². The van der Waals surface area contributed by atoms with Gasteiger partial charge in [0.05, 0.1) is 12.2 Å². The lowest BCUT2D eigenvalue weighted by Crippen LogP contribution is -2.41. The van der Waals surface area contributed by atoms with Crippen LogP contribution in [0, 0.1) is 5.92 Å². The van der Waals surface area contributed by atoms with Gasteiger partial charge in [-0.15, -0.1) is 0 Å². The van der Waals surface area contributed by atoms with E-state index >= 15 is 0 Å². The number of benzene rings is 1. The number of likely N-dealkylation sites (tertiary alicyclic amines) is 1. The van der Waals surface area contributed by atoms with Crippen molar-refractivity contribution in [3.63, 3.8) is 0 Å². The molecule has 1 aliphatic heterocycles. The normalized spacial score (nSPS) is 18.6. The summed E-state index contributed by atoms with van der Waals surface area (Å²) in [6.07, 6.45) is 9.13. The van der Waals surface area contributed by atoms with Crippen molar-refractivity contribution in [3.8, 4) is 0 Å². The van der Waals surface area contributed by atoms with Gasteiger partial charge in [0.2, 0.25) is 5.91 Å². The van der Waals surface area contributed by atoms with E-state index in [0.29, 0.717) is 37.5 Å². The molecule has 4 rings (SSSR count). The van der Waals surface area contributed by atoms with Crippen LogP contribution in [0.1, 0.15) is 61.3 Å². The van der Waals surface area contributed by atoms with Crippen molar-refractivity contribution in [2.24, 2.45) is 5.92 Å². The smallest absolute Gasteiger partial charge is 0.253 e. The number of carbonyl (C=O) groups excluding carboxylic acids is 2. The quantitative estimate of drug-likeness (QED) is 0.725. The van der Waals surface area contributed by atoms with Gasteiger partial charge in [-0.2, -0.15) is 5.10 Å². The molecule has 0 radical (unpaired) electrons. The van der Waals surface area contributed by atoms with E-state index in [9.17, 15) is 9.59 Å². The van der Waals surface area contributed by atoms with Crippen molar-refractivity contribution >= 4 is 33.6 Å². The molecule has 6 nitrogen and oxygen atoms in total. The molecule has 0 atom stereocenters. The predicted octanol–water partition coefficient (Wildman–Crippen LogP) is 4.64. The van der Waals surface area contributed by atoms with Crippen LogP contribution in [0.3, 0.4) is 0 Å². The van der Waals surface area contributed by atoms with Crippen molar-refractivity contribution < 1.29 is 9.59 Å². The lowest BCUT2D eigenvalue weighted by molar-refractivity contribution is -0.121. The van der Waals surface area contributed by atoms with Crippen molar-refractivity contribution in [1.29, 1.82) is 0 Å². The minimum Gasteiger partial charge on any atom is -0.339 e. The molecular formula is C22H27BrN4O2. The molecule has 1 N–H and O–H groups in total. The van der Waals surface area contributed by atoms with E-state index in [2.05, 4.69) is 26.3 Å². The fraction of sp³-hybridized carbons (Fsp3) is 0.500. The summed E-state index contributed by atoms with van der Waals surface area (Å²) in [5.74, 6) is 0.805. The molecule has 0 bridgehead atoms. The van der Waals surface area contributed by atoms with E-state index in [4.69, 9.17) is 0 Å². The van der Waals surface area contributed by atoms with E-state index in [1.165, 1.54) is 19.3 Å². The van der Waals surface area contributed by atoms with E-state index in [1.54, 1.807) is 6.20 Å². The van der Waals surface area contributed by atoms with Gasteiger partial charge in [0, 0.05) is 35.1 Å².